The summed E-state index contributed by atoms with van der Waals surface area (Å²) in [4.78, 5) is 16.8. The molecule has 0 saturated heterocycles. The summed E-state index contributed by atoms with van der Waals surface area (Å²) in [7, 11) is 0. The van der Waals surface area contributed by atoms with Gasteiger partial charge in [-0.3, -0.25) is 4.79 Å². The average molecular weight is 364 g/mol. The quantitative estimate of drug-likeness (QED) is 0.704. The van der Waals surface area contributed by atoms with Crippen LogP contribution in [0.3, 0.4) is 0 Å². The summed E-state index contributed by atoms with van der Waals surface area (Å²) in [6.07, 6.45) is 1.97. The Hall–Kier alpha value is -2.99. The van der Waals surface area contributed by atoms with Crippen molar-refractivity contribution in [3.05, 3.63) is 77.2 Å². The minimum atomic E-state index is -1.47. The second kappa shape index (κ2) is 7.72. The van der Waals surface area contributed by atoms with Crippen molar-refractivity contribution in [1.82, 2.24) is 20.1 Å². The molecular weight excluding hydrogens is 340 g/mol. The fourth-order valence-electron chi connectivity index (χ4n) is 2.95. The highest BCUT2D eigenvalue weighted by atomic mass is 16.3. The summed E-state index contributed by atoms with van der Waals surface area (Å²) in [5.41, 5.74) is 2.24. The number of carbonyl (C=O) groups excluding carboxylic acids is 1. The van der Waals surface area contributed by atoms with E-state index in [0.29, 0.717) is 6.54 Å². The van der Waals surface area contributed by atoms with E-state index in [4.69, 9.17) is 0 Å². The van der Waals surface area contributed by atoms with Crippen LogP contribution in [0, 0.1) is 13.8 Å². The van der Waals surface area contributed by atoms with Crippen molar-refractivity contribution in [3.8, 4) is 5.82 Å². The number of pyridine rings is 1. The SMILES string of the molecule is Cc1cc(C)n(-c2ccc(CNC(=O)C(C)(O)Cc3ccccc3)cn2)n1. The highest BCUT2D eigenvalue weighted by Gasteiger charge is 2.30. The average Bonchev–Trinajstić information content (AvgIpc) is 2.98. The van der Waals surface area contributed by atoms with Crippen molar-refractivity contribution < 1.29 is 9.90 Å². The molecule has 1 amide bonds. The molecule has 2 N–H and O–H groups in total. The predicted octanol–water partition coefficient (Wildman–Crippen LogP) is 2.49. The van der Waals surface area contributed by atoms with Gasteiger partial charge in [0.25, 0.3) is 5.91 Å². The third kappa shape index (κ3) is 4.60. The molecule has 3 aromatic rings. The highest BCUT2D eigenvalue weighted by molar-refractivity contribution is 5.84. The smallest absolute Gasteiger partial charge is 0.252 e. The zero-order chi connectivity index (χ0) is 19.4. The first-order valence-corrected chi connectivity index (χ1v) is 8.88. The lowest BCUT2D eigenvalue weighted by Crippen LogP contribution is -2.45. The molecule has 0 aliphatic heterocycles. The second-order valence-corrected chi connectivity index (χ2v) is 6.98. The van der Waals surface area contributed by atoms with Gasteiger partial charge in [-0.2, -0.15) is 5.10 Å². The van der Waals surface area contributed by atoms with Gasteiger partial charge in [0.2, 0.25) is 0 Å². The first-order chi connectivity index (χ1) is 12.8. The molecule has 2 heterocycles. The monoisotopic (exact) mass is 364 g/mol. The van der Waals surface area contributed by atoms with E-state index < -0.39 is 11.5 Å². The van der Waals surface area contributed by atoms with Gasteiger partial charge >= 0.3 is 0 Å². The standard InChI is InChI=1S/C21H24N4O2/c1-15-11-16(2)25(24-15)19-10-9-18(13-22-19)14-23-20(26)21(3,27)12-17-7-5-4-6-8-17/h4-11,13,27H,12,14H2,1-3H3,(H,23,26). The van der Waals surface area contributed by atoms with Gasteiger partial charge < -0.3 is 10.4 Å². The summed E-state index contributed by atoms with van der Waals surface area (Å²) in [6.45, 7) is 5.74. The fourth-order valence-corrected chi connectivity index (χ4v) is 2.95. The first-order valence-electron chi connectivity index (χ1n) is 8.88. The van der Waals surface area contributed by atoms with E-state index in [1.807, 2.05) is 62.4 Å². The van der Waals surface area contributed by atoms with Crippen LogP contribution in [-0.4, -0.2) is 31.4 Å². The maximum atomic E-state index is 12.4. The van der Waals surface area contributed by atoms with Gasteiger partial charge in [0.05, 0.1) is 5.69 Å². The van der Waals surface area contributed by atoms with E-state index in [2.05, 4.69) is 15.4 Å². The maximum absolute atomic E-state index is 12.4. The maximum Gasteiger partial charge on any atom is 0.252 e. The Labute approximate surface area is 158 Å². The number of nitrogens with one attached hydrogen (secondary N) is 1. The number of rotatable bonds is 6. The van der Waals surface area contributed by atoms with Crippen LogP contribution < -0.4 is 5.32 Å². The molecular formula is C21H24N4O2. The van der Waals surface area contributed by atoms with Gasteiger partial charge in [0.1, 0.15) is 5.60 Å². The molecule has 1 aromatic carbocycles. The van der Waals surface area contributed by atoms with E-state index in [0.717, 1.165) is 28.3 Å². The molecule has 0 bridgehead atoms. The summed E-state index contributed by atoms with van der Waals surface area (Å²) in [6, 6.07) is 15.2. The Balaban J connectivity index is 1.61. The number of benzene rings is 1. The lowest BCUT2D eigenvalue weighted by molar-refractivity contribution is -0.138. The van der Waals surface area contributed by atoms with Crippen molar-refractivity contribution in [2.75, 3.05) is 0 Å². The Bertz CT molecular complexity index is 915. The van der Waals surface area contributed by atoms with Crippen LogP contribution in [-0.2, 0) is 17.8 Å². The lowest BCUT2D eigenvalue weighted by atomic mass is 9.95. The van der Waals surface area contributed by atoms with E-state index in [1.54, 1.807) is 10.9 Å². The molecule has 6 heteroatoms. The zero-order valence-electron chi connectivity index (χ0n) is 15.8. The van der Waals surface area contributed by atoms with E-state index in [9.17, 15) is 9.90 Å². The zero-order valence-corrected chi connectivity index (χ0v) is 15.8. The number of aryl methyl sites for hydroxylation is 2. The van der Waals surface area contributed by atoms with Crippen LogP contribution >= 0.6 is 0 Å². The minimum Gasteiger partial charge on any atom is -0.380 e. The Morgan fingerprint density at radius 3 is 2.48 bits per heavy atom. The number of carbonyl (C=O) groups is 1. The van der Waals surface area contributed by atoms with Gasteiger partial charge in [-0.05, 0) is 44.0 Å². The number of aliphatic hydroxyl groups is 1. The molecule has 0 aliphatic rings. The van der Waals surface area contributed by atoms with E-state index >= 15 is 0 Å². The molecule has 6 nitrogen and oxygen atoms in total. The summed E-state index contributed by atoms with van der Waals surface area (Å²) < 4.78 is 1.78. The molecule has 2 aromatic heterocycles. The molecule has 27 heavy (non-hydrogen) atoms. The number of hydrogen-bond acceptors (Lipinski definition) is 4. The van der Waals surface area contributed by atoms with Crippen LogP contribution in [0.1, 0.15) is 29.4 Å². The second-order valence-electron chi connectivity index (χ2n) is 6.98. The Kier molecular flexibility index (Phi) is 5.37. The molecule has 1 unspecified atom stereocenters. The van der Waals surface area contributed by atoms with Crippen molar-refractivity contribution >= 4 is 5.91 Å². The van der Waals surface area contributed by atoms with Gasteiger partial charge in [0.15, 0.2) is 5.82 Å². The number of amides is 1. The highest BCUT2D eigenvalue weighted by Crippen LogP contribution is 2.14. The van der Waals surface area contributed by atoms with Crippen molar-refractivity contribution in [3.63, 3.8) is 0 Å². The molecule has 3 rings (SSSR count). The van der Waals surface area contributed by atoms with Crippen LogP contribution in [0.5, 0.6) is 0 Å². The van der Waals surface area contributed by atoms with Gasteiger partial charge in [-0.25, -0.2) is 9.67 Å². The number of aromatic nitrogens is 3. The summed E-state index contributed by atoms with van der Waals surface area (Å²) in [5.74, 6) is 0.320. The Morgan fingerprint density at radius 1 is 1.15 bits per heavy atom. The van der Waals surface area contributed by atoms with Crippen molar-refractivity contribution in [1.29, 1.82) is 0 Å². The van der Waals surface area contributed by atoms with Gasteiger partial charge in [-0.15, -0.1) is 0 Å². The lowest BCUT2D eigenvalue weighted by Gasteiger charge is -2.22. The molecule has 0 spiro atoms. The molecule has 1 atom stereocenters. The van der Waals surface area contributed by atoms with E-state index in [-0.39, 0.29) is 6.42 Å². The summed E-state index contributed by atoms with van der Waals surface area (Å²) >= 11 is 0. The van der Waals surface area contributed by atoms with E-state index in [1.165, 1.54) is 6.92 Å². The number of nitrogens with zero attached hydrogens (tertiary/aromatic N) is 3. The molecule has 0 aliphatic carbocycles. The van der Waals surface area contributed by atoms with Gasteiger partial charge in [-0.1, -0.05) is 36.4 Å². The normalized spacial score (nSPS) is 13.2. The molecule has 0 fully saturated rings. The molecule has 140 valence electrons. The minimum absolute atomic E-state index is 0.259. The molecule has 0 radical (unpaired) electrons. The number of hydrogen-bond donors (Lipinski definition) is 2. The van der Waals surface area contributed by atoms with Crippen LogP contribution in [0.25, 0.3) is 5.82 Å². The van der Waals surface area contributed by atoms with Gasteiger partial charge in [0, 0.05) is 24.9 Å². The van der Waals surface area contributed by atoms with Crippen LogP contribution in [0.4, 0.5) is 0 Å². The predicted molar refractivity (Wildman–Crippen MR) is 103 cm³/mol. The largest absolute Gasteiger partial charge is 0.380 e. The van der Waals surface area contributed by atoms with Crippen molar-refractivity contribution in [2.24, 2.45) is 0 Å². The molecule has 0 saturated carbocycles. The first kappa shape index (κ1) is 18.8. The third-order valence-electron chi connectivity index (χ3n) is 4.37. The topological polar surface area (TPSA) is 80.0 Å². The third-order valence-corrected chi connectivity index (χ3v) is 4.37. The fraction of sp³-hybridized carbons (Fsp3) is 0.286. The Morgan fingerprint density at radius 2 is 1.89 bits per heavy atom. The van der Waals surface area contributed by atoms with Crippen LogP contribution in [0.2, 0.25) is 0 Å². The summed E-state index contributed by atoms with van der Waals surface area (Å²) in [5, 5.41) is 17.7. The van der Waals surface area contributed by atoms with Crippen molar-refractivity contribution in [2.45, 2.75) is 39.3 Å². The van der Waals surface area contributed by atoms with Crippen LogP contribution in [0.15, 0.2) is 54.7 Å².